The number of hydrogen-bond acceptors (Lipinski definition) is 14. The standard InChI is InChI=1S/C62H111N11O14/c1-24-25-26-38(12)51(76)50-56(81)67-48(41(15)74)60(85)68(18)32-47(75)69(19)44(29-35(6)7)54(79)65-42(27-33(2)3)58(83)70(20)45(30-36(8)9)53(78)63-39(13)52(77)64-40(14)57(82)71(21)46(31-62(16,17)87)55(80)66-43(28-34(4)5)59(84)72(22)49(37(10)11)61(86)73(50)23/h24-25,33-46,48-51,74,76,87H,26-32H2,1-23H3,(H,63,78)(H,64,77)(H,65,79)(H,66,80)(H,67,81)/b25-24+/t38-,39+,40-,41-,42+,43+,44+,45+,46+,48+,49+,50+,51-/m1/s1. The van der Waals surface area contributed by atoms with Crippen molar-refractivity contribution in [3.63, 3.8) is 0 Å². The molecule has 0 saturated carbocycles. The van der Waals surface area contributed by atoms with Crippen molar-refractivity contribution >= 4 is 65.0 Å². The Kier molecular flexibility index (Phi) is 31.8. The van der Waals surface area contributed by atoms with Crippen LogP contribution in [0.3, 0.4) is 0 Å². The van der Waals surface area contributed by atoms with Crippen LogP contribution in [-0.2, 0) is 52.7 Å². The molecule has 1 saturated heterocycles. The van der Waals surface area contributed by atoms with E-state index in [1.807, 2.05) is 41.5 Å². The van der Waals surface area contributed by atoms with Crippen molar-refractivity contribution in [1.29, 1.82) is 0 Å². The topological polar surface area (TPSA) is 328 Å². The summed E-state index contributed by atoms with van der Waals surface area (Å²) >= 11 is 0. The molecule has 13 atom stereocenters. The Morgan fingerprint density at radius 3 is 1.34 bits per heavy atom. The van der Waals surface area contributed by atoms with Crippen LogP contribution < -0.4 is 26.6 Å². The average Bonchev–Trinajstić information content (AvgIpc) is 1.16. The second kappa shape index (κ2) is 35.1. The fourth-order valence-corrected chi connectivity index (χ4v) is 10.6. The summed E-state index contributed by atoms with van der Waals surface area (Å²) in [7, 11) is 7.94. The van der Waals surface area contributed by atoms with Gasteiger partial charge in [-0.3, -0.25) is 52.7 Å². The lowest BCUT2D eigenvalue weighted by Crippen LogP contribution is -2.64. The average molecular weight is 1230 g/mol. The number of rotatable bonds is 16. The molecule has 498 valence electrons. The number of aliphatic hydroxyl groups excluding tert-OH is 2. The highest BCUT2D eigenvalue weighted by Crippen LogP contribution is 2.24. The Hall–Kier alpha value is -6.21. The van der Waals surface area contributed by atoms with Crippen molar-refractivity contribution in [2.24, 2.45) is 35.5 Å². The molecule has 0 aromatic rings. The van der Waals surface area contributed by atoms with E-state index in [4.69, 9.17) is 0 Å². The van der Waals surface area contributed by atoms with Crippen molar-refractivity contribution < 1.29 is 68.1 Å². The highest BCUT2D eigenvalue weighted by atomic mass is 16.3. The Bertz CT molecular complexity index is 2390. The highest BCUT2D eigenvalue weighted by Gasteiger charge is 2.45. The first kappa shape index (κ1) is 78.8. The molecule has 0 aromatic heterocycles. The quantitative estimate of drug-likeness (QED) is 0.101. The van der Waals surface area contributed by atoms with E-state index >= 15 is 4.79 Å². The first-order valence-electron chi connectivity index (χ1n) is 30.7. The summed E-state index contributed by atoms with van der Waals surface area (Å²) in [6.45, 7) is 27.5. The molecule has 1 heterocycles. The minimum atomic E-state index is -1.76. The van der Waals surface area contributed by atoms with Gasteiger partial charge in [0.1, 0.15) is 60.4 Å². The molecule has 0 unspecified atom stereocenters. The molecule has 8 N–H and O–H groups in total. The zero-order chi connectivity index (χ0) is 67.6. The lowest BCUT2D eigenvalue weighted by Gasteiger charge is -2.40. The van der Waals surface area contributed by atoms with Gasteiger partial charge in [0.05, 0.1) is 24.4 Å². The van der Waals surface area contributed by atoms with Gasteiger partial charge in [-0.05, 0) is 109 Å². The SMILES string of the molecule is C/C=C/C[C@@H](C)[C@@H](O)[C@H]1C(=O)N[C@@H]([C@@H](C)O)C(=O)N(C)CC(=O)N(C)[C@@H](CC(C)C)C(=O)N[C@@H](CC(C)C)C(=O)N(C)[C@@H](CC(C)C)C(=O)N[C@@H](C)C(=O)N[C@H](C)C(=O)N(C)[C@@H](CC(C)(C)O)C(=O)N[C@@H](CC(C)C)C(=O)N(C)[C@@H](C(C)C)C(=O)N1C. The van der Waals surface area contributed by atoms with Crippen LogP contribution in [0.25, 0.3) is 0 Å². The molecular formula is C62H111N11O14. The van der Waals surface area contributed by atoms with Gasteiger partial charge in [-0.2, -0.15) is 0 Å². The zero-order valence-electron chi connectivity index (χ0n) is 56.5. The van der Waals surface area contributed by atoms with E-state index in [0.29, 0.717) is 0 Å². The van der Waals surface area contributed by atoms with E-state index in [1.54, 1.807) is 53.7 Å². The molecule has 25 nitrogen and oxygen atoms in total. The smallest absolute Gasteiger partial charge is 0.248 e. The number of likely N-dealkylation sites (N-methyl/N-ethyl adjacent to an activating group) is 6. The van der Waals surface area contributed by atoms with Gasteiger partial charge in [0, 0.05) is 48.7 Å². The predicted octanol–water partition coefficient (Wildman–Crippen LogP) is 1.40. The number of carbonyl (C=O) groups is 11. The summed E-state index contributed by atoms with van der Waals surface area (Å²) in [6.07, 6.45) is 0.521. The van der Waals surface area contributed by atoms with Crippen molar-refractivity contribution in [3.05, 3.63) is 12.2 Å². The second-order valence-corrected chi connectivity index (χ2v) is 26.8. The molecule has 0 radical (unpaired) electrons. The Labute approximate surface area is 518 Å². The number of nitrogens with one attached hydrogen (secondary N) is 5. The first-order valence-corrected chi connectivity index (χ1v) is 30.7. The zero-order valence-corrected chi connectivity index (χ0v) is 56.5. The van der Waals surface area contributed by atoms with Crippen LogP contribution in [0.1, 0.15) is 156 Å². The fraction of sp³-hybridized carbons (Fsp3) is 0.790. The van der Waals surface area contributed by atoms with E-state index in [2.05, 4.69) is 26.6 Å². The maximum absolute atomic E-state index is 15.1. The third-order valence-electron chi connectivity index (χ3n) is 15.7. The Balaban J connectivity index is 4.37. The lowest BCUT2D eigenvalue weighted by molar-refractivity contribution is -0.155. The van der Waals surface area contributed by atoms with Crippen molar-refractivity contribution in [2.45, 2.75) is 234 Å². The minimum Gasteiger partial charge on any atom is -0.391 e. The fourth-order valence-electron chi connectivity index (χ4n) is 10.6. The minimum absolute atomic E-state index is 0.0259. The number of nitrogens with zero attached hydrogens (tertiary/aromatic N) is 6. The van der Waals surface area contributed by atoms with Crippen molar-refractivity contribution in [2.75, 3.05) is 48.8 Å². The van der Waals surface area contributed by atoms with Crippen LogP contribution in [0.4, 0.5) is 0 Å². The molecule has 0 aliphatic carbocycles. The van der Waals surface area contributed by atoms with Gasteiger partial charge in [0.25, 0.3) is 0 Å². The molecule has 0 spiro atoms. The molecule has 0 bridgehead atoms. The van der Waals surface area contributed by atoms with E-state index in [9.17, 15) is 63.3 Å². The number of hydrogen-bond donors (Lipinski definition) is 8. The van der Waals surface area contributed by atoms with Gasteiger partial charge in [-0.25, -0.2) is 0 Å². The summed E-state index contributed by atoms with van der Waals surface area (Å²) in [4.78, 5) is 166. The van der Waals surface area contributed by atoms with Crippen LogP contribution in [-0.4, -0.2) is 237 Å². The molecular weight excluding hydrogens is 1120 g/mol. The van der Waals surface area contributed by atoms with E-state index in [-0.39, 0.29) is 62.2 Å². The van der Waals surface area contributed by atoms with Crippen molar-refractivity contribution in [1.82, 2.24) is 56.0 Å². The van der Waals surface area contributed by atoms with Crippen LogP contribution in [0.5, 0.6) is 0 Å². The molecule has 1 aliphatic heterocycles. The monoisotopic (exact) mass is 1230 g/mol. The predicted molar refractivity (Wildman–Crippen MR) is 331 cm³/mol. The molecule has 0 aromatic carbocycles. The summed E-state index contributed by atoms with van der Waals surface area (Å²) in [6, 6.07) is -13.9. The van der Waals surface area contributed by atoms with Crippen LogP contribution in [0, 0.1) is 35.5 Å². The third kappa shape index (κ3) is 23.7. The van der Waals surface area contributed by atoms with Gasteiger partial charge in [-0.1, -0.05) is 88.3 Å². The van der Waals surface area contributed by atoms with Crippen LogP contribution >= 0.6 is 0 Å². The molecule has 1 rings (SSSR count). The third-order valence-corrected chi connectivity index (χ3v) is 15.7. The van der Waals surface area contributed by atoms with Crippen LogP contribution in [0.2, 0.25) is 0 Å². The normalized spacial score (nSPS) is 27.0. The maximum atomic E-state index is 15.1. The van der Waals surface area contributed by atoms with Crippen molar-refractivity contribution in [3.8, 4) is 0 Å². The summed E-state index contributed by atoms with van der Waals surface area (Å²) < 4.78 is 0. The first-order chi connectivity index (χ1) is 39.9. The molecule has 25 heteroatoms. The lowest BCUT2D eigenvalue weighted by atomic mass is 9.91. The molecule has 1 fully saturated rings. The number of carbonyl (C=O) groups excluding carboxylic acids is 11. The van der Waals surface area contributed by atoms with Gasteiger partial charge in [0.15, 0.2) is 0 Å². The Morgan fingerprint density at radius 1 is 0.494 bits per heavy atom. The Morgan fingerprint density at radius 2 is 0.908 bits per heavy atom. The van der Waals surface area contributed by atoms with Gasteiger partial charge >= 0.3 is 0 Å². The van der Waals surface area contributed by atoms with Crippen LogP contribution in [0.15, 0.2) is 12.2 Å². The van der Waals surface area contributed by atoms with Gasteiger partial charge in [-0.15, -0.1) is 0 Å². The van der Waals surface area contributed by atoms with E-state index in [1.165, 1.54) is 81.8 Å². The molecule has 87 heavy (non-hydrogen) atoms. The highest BCUT2D eigenvalue weighted by molar-refractivity contribution is 5.99. The number of allylic oxidation sites excluding steroid dienone is 2. The summed E-state index contributed by atoms with van der Waals surface area (Å²) in [5, 5.41) is 47.8. The number of amides is 11. The summed E-state index contributed by atoms with van der Waals surface area (Å²) in [5.74, 6) is -10.9. The van der Waals surface area contributed by atoms with E-state index in [0.717, 1.165) is 24.5 Å². The van der Waals surface area contributed by atoms with E-state index < -0.39 is 162 Å². The second-order valence-electron chi connectivity index (χ2n) is 26.8. The molecule has 11 amide bonds. The summed E-state index contributed by atoms with van der Waals surface area (Å²) in [5.41, 5.74) is -1.58. The van der Waals surface area contributed by atoms with Gasteiger partial charge < -0.3 is 71.3 Å². The van der Waals surface area contributed by atoms with Gasteiger partial charge in [0.2, 0.25) is 65.0 Å². The molecule has 1 aliphatic rings. The number of aliphatic hydroxyl groups is 3. The largest absolute Gasteiger partial charge is 0.391 e. The maximum Gasteiger partial charge on any atom is 0.248 e.